The zero-order valence-electron chi connectivity index (χ0n) is 11.3. The van der Waals surface area contributed by atoms with Gasteiger partial charge in [0.25, 0.3) is 0 Å². The summed E-state index contributed by atoms with van der Waals surface area (Å²) >= 11 is 3.36. The minimum atomic E-state index is -4.48. The predicted octanol–water partition coefficient (Wildman–Crippen LogP) is 3.94. The van der Waals surface area contributed by atoms with Crippen molar-refractivity contribution in [2.24, 2.45) is 0 Å². The maximum atomic E-state index is 13.5. The fourth-order valence-electron chi connectivity index (χ4n) is 2.66. The number of carbonyl (C=O) groups is 1. The molecule has 7 heteroatoms. The van der Waals surface area contributed by atoms with E-state index in [1.165, 1.54) is 12.1 Å². The average molecular weight is 373 g/mol. The van der Waals surface area contributed by atoms with E-state index in [9.17, 15) is 18.0 Å². The fraction of sp³-hybridized carbons (Fsp3) is 0.267. The molecule has 3 nitrogen and oxygen atoms in total. The van der Waals surface area contributed by atoms with Gasteiger partial charge in [-0.25, -0.2) is 5.01 Å². The number of nitrogens with zero attached hydrogens (tertiary/aromatic N) is 1. The summed E-state index contributed by atoms with van der Waals surface area (Å²) in [6.07, 6.45) is -4.41. The van der Waals surface area contributed by atoms with Gasteiger partial charge in [-0.3, -0.25) is 10.2 Å². The van der Waals surface area contributed by atoms with Crippen molar-refractivity contribution in [2.75, 3.05) is 6.54 Å². The number of amides is 1. The highest BCUT2D eigenvalue weighted by molar-refractivity contribution is 9.10. The van der Waals surface area contributed by atoms with Crippen molar-refractivity contribution in [1.82, 2.24) is 10.4 Å². The normalized spacial score (nSPS) is 17.7. The highest BCUT2D eigenvalue weighted by Crippen LogP contribution is 2.39. The molecule has 0 aromatic heterocycles. The van der Waals surface area contributed by atoms with Crippen LogP contribution in [-0.2, 0) is 4.79 Å². The Balaban J connectivity index is 2.08. The molecule has 1 heterocycles. The van der Waals surface area contributed by atoms with Gasteiger partial charge in [0.2, 0.25) is 5.91 Å². The van der Waals surface area contributed by atoms with Crippen LogP contribution in [0.1, 0.15) is 18.0 Å². The van der Waals surface area contributed by atoms with Crippen molar-refractivity contribution in [1.29, 1.82) is 0 Å². The quantitative estimate of drug-likeness (QED) is 0.865. The number of halogens is 4. The molecular weight excluding hydrogens is 361 g/mol. The van der Waals surface area contributed by atoms with Crippen LogP contribution in [0.15, 0.2) is 40.9 Å². The maximum absolute atomic E-state index is 13.5. The highest BCUT2D eigenvalue weighted by Gasteiger charge is 2.46. The molecule has 0 aliphatic carbocycles. The summed E-state index contributed by atoms with van der Waals surface area (Å²) in [6.45, 7) is 0.0387. The standard InChI is InChI=1S/C15H12BrF3N2O/c16-12-3-1-2-9-4-5-10(8-11(9)12)14(15(17,18)19)21-7-6-13(22)20-21/h1-5,8,14H,6-7H2,(H,20,22)/t14-/m0/s1. The van der Waals surface area contributed by atoms with E-state index in [2.05, 4.69) is 21.4 Å². The van der Waals surface area contributed by atoms with E-state index in [1.54, 1.807) is 12.1 Å². The summed E-state index contributed by atoms with van der Waals surface area (Å²) < 4.78 is 41.2. The molecule has 1 atom stereocenters. The second kappa shape index (κ2) is 5.55. The van der Waals surface area contributed by atoms with E-state index >= 15 is 0 Å². The van der Waals surface area contributed by atoms with Gasteiger partial charge in [0.05, 0.1) is 0 Å². The molecule has 3 rings (SSSR count). The highest BCUT2D eigenvalue weighted by atomic mass is 79.9. The monoisotopic (exact) mass is 372 g/mol. The van der Waals surface area contributed by atoms with Gasteiger partial charge in [-0.2, -0.15) is 13.2 Å². The molecule has 1 amide bonds. The Bertz CT molecular complexity index is 732. The summed E-state index contributed by atoms with van der Waals surface area (Å²) in [5.41, 5.74) is 2.39. The second-order valence-electron chi connectivity index (χ2n) is 5.14. The number of nitrogens with one attached hydrogen (secondary N) is 1. The first kappa shape index (κ1) is 15.3. The lowest BCUT2D eigenvalue weighted by Gasteiger charge is -2.29. The molecule has 2 aromatic carbocycles. The fourth-order valence-corrected chi connectivity index (χ4v) is 3.15. The topological polar surface area (TPSA) is 32.3 Å². The van der Waals surface area contributed by atoms with Crippen LogP contribution in [0, 0.1) is 0 Å². The number of hydrogen-bond donors (Lipinski definition) is 1. The summed E-state index contributed by atoms with van der Waals surface area (Å²) in [5, 5.41) is 2.52. The van der Waals surface area contributed by atoms with Crippen LogP contribution < -0.4 is 5.43 Å². The molecular formula is C15H12BrF3N2O. The summed E-state index contributed by atoms with van der Waals surface area (Å²) in [6, 6.07) is 8.23. The number of hydrogen-bond acceptors (Lipinski definition) is 2. The van der Waals surface area contributed by atoms with Gasteiger partial charge in [-0.1, -0.05) is 40.2 Å². The summed E-state index contributed by atoms with van der Waals surface area (Å²) in [4.78, 5) is 11.3. The van der Waals surface area contributed by atoms with Crippen molar-refractivity contribution >= 4 is 32.6 Å². The molecule has 0 unspecified atom stereocenters. The number of benzene rings is 2. The Labute approximate surface area is 133 Å². The predicted molar refractivity (Wildman–Crippen MR) is 79.9 cm³/mol. The number of fused-ring (bicyclic) bond motifs is 1. The number of alkyl halides is 3. The molecule has 1 saturated heterocycles. The van der Waals surface area contributed by atoms with Gasteiger partial charge in [-0.15, -0.1) is 0 Å². The number of carbonyl (C=O) groups excluding carboxylic acids is 1. The van der Waals surface area contributed by atoms with Crippen LogP contribution in [0.3, 0.4) is 0 Å². The SMILES string of the molecule is O=C1CCN([C@@H](c2ccc3cccc(Br)c3c2)C(F)(F)F)N1. The lowest BCUT2D eigenvalue weighted by atomic mass is 10.0. The number of rotatable bonds is 2. The zero-order chi connectivity index (χ0) is 15.9. The molecule has 0 radical (unpaired) electrons. The van der Waals surface area contributed by atoms with E-state index in [0.717, 1.165) is 14.9 Å². The third-order valence-corrected chi connectivity index (χ3v) is 4.33. The van der Waals surface area contributed by atoms with E-state index in [0.29, 0.717) is 5.39 Å². The lowest BCUT2D eigenvalue weighted by molar-refractivity contribution is -0.191. The van der Waals surface area contributed by atoms with Crippen LogP contribution in [0.5, 0.6) is 0 Å². The molecule has 0 bridgehead atoms. The molecule has 2 aromatic rings. The lowest BCUT2D eigenvalue weighted by Crippen LogP contribution is -2.43. The van der Waals surface area contributed by atoms with Crippen LogP contribution >= 0.6 is 15.9 Å². The Morgan fingerprint density at radius 2 is 2.00 bits per heavy atom. The summed E-state index contributed by atoms with van der Waals surface area (Å²) in [5.74, 6) is -0.392. The van der Waals surface area contributed by atoms with Gasteiger partial charge >= 0.3 is 6.18 Å². The van der Waals surface area contributed by atoms with Crippen LogP contribution in [0.2, 0.25) is 0 Å². The first-order valence-electron chi connectivity index (χ1n) is 6.67. The van der Waals surface area contributed by atoms with Crippen molar-refractivity contribution < 1.29 is 18.0 Å². The second-order valence-corrected chi connectivity index (χ2v) is 6.00. The van der Waals surface area contributed by atoms with Crippen LogP contribution in [0.25, 0.3) is 10.8 Å². The van der Waals surface area contributed by atoms with E-state index in [1.807, 2.05) is 12.1 Å². The minimum absolute atomic E-state index is 0.0387. The molecule has 1 aliphatic rings. The Morgan fingerprint density at radius 1 is 1.23 bits per heavy atom. The van der Waals surface area contributed by atoms with Gasteiger partial charge in [0, 0.05) is 17.4 Å². The Kier molecular flexibility index (Phi) is 3.86. The van der Waals surface area contributed by atoms with Crippen molar-refractivity contribution in [3.63, 3.8) is 0 Å². The van der Waals surface area contributed by atoms with E-state index in [-0.39, 0.29) is 18.5 Å². The molecule has 22 heavy (non-hydrogen) atoms. The van der Waals surface area contributed by atoms with Crippen molar-refractivity contribution in [2.45, 2.75) is 18.6 Å². The van der Waals surface area contributed by atoms with Gasteiger partial charge < -0.3 is 0 Å². The van der Waals surface area contributed by atoms with Crippen LogP contribution in [-0.4, -0.2) is 23.6 Å². The van der Waals surface area contributed by atoms with E-state index in [4.69, 9.17) is 0 Å². The smallest absolute Gasteiger partial charge is 0.288 e. The average Bonchev–Trinajstić information content (AvgIpc) is 2.84. The Hall–Kier alpha value is -1.60. The van der Waals surface area contributed by atoms with E-state index < -0.39 is 18.1 Å². The first-order chi connectivity index (χ1) is 10.4. The largest absolute Gasteiger partial charge is 0.409 e. The molecule has 0 saturated carbocycles. The maximum Gasteiger partial charge on any atom is 0.409 e. The minimum Gasteiger partial charge on any atom is -0.288 e. The molecule has 116 valence electrons. The molecule has 1 aliphatic heterocycles. The van der Waals surface area contributed by atoms with Gasteiger partial charge in [0.1, 0.15) is 6.04 Å². The molecule has 0 spiro atoms. The van der Waals surface area contributed by atoms with Gasteiger partial charge in [-0.05, 0) is 28.5 Å². The summed E-state index contributed by atoms with van der Waals surface area (Å²) in [7, 11) is 0. The number of hydrazine groups is 1. The molecule has 1 N–H and O–H groups in total. The van der Waals surface area contributed by atoms with Crippen LogP contribution in [0.4, 0.5) is 13.2 Å². The molecule has 1 fully saturated rings. The van der Waals surface area contributed by atoms with Crippen molar-refractivity contribution in [3.05, 3.63) is 46.4 Å². The first-order valence-corrected chi connectivity index (χ1v) is 7.46. The van der Waals surface area contributed by atoms with Gasteiger partial charge in [0.15, 0.2) is 0 Å². The third-order valence-electron chi connectivity index (χ3n) is 3.64. The Morgan fingerprint density at radius 3 is 2.64 bits per heavy atom. The van der Waals surface area contributed by atoms with Crippen molar-refractivity contribution in [3.8, 4) is 0 Å². The zero-order valence-corrected chi connectivity index (χ0v) is 12.9. The third kappa shape index (κ3) is 2.83.